The molecule has 0 spiro atoms. The first kappa shape index (κ1) is 10.6. The summed E-state index contributed by atoms with van der Waals surface area (Å²) in [6.07, 6.45) is 2.12. The van der Waals surface area contributed by atoms with Crippen LogP contribution in [-0.2, 0) is 0 Å². The number of carbonyl (C=O) groups is 1. The van der Waals surface area contributed by atoms with Crippen molar-refractivity contribution in [1.82, 2.24) is 5.32 Å². The molecule has 86 valence electrons. The van der Waals surface area contributed by atoms with Crippen molar-refractivity contribution in [3.63, 3.8) is 0 Å². The van der Waals surface area contributed by atoms with Gasteiger partial charge >= 0.3 is 6.03 Å². The lowest BCUT2D eigenvalue weighted by Crippen LogP contribution is -2.30. The van der Waals surface area contributed by atoms with Crippen LogP contribution in [0.2, 0.25) is 0 Å². The van der Waals surface area contributed by atoms with E-state index in [0.717, 1.165) is 12.8 Å². The number of benzene rings is 1. The van der Waals surface area contributed by atoms with Gasteiger partial charge in [-0.15, -0.1) is 0 Å². The molecular formula is C11H15N3O2. The normalized spacial score (nSPS) is 14.3. The summed E-state index contributed by atoms with van der Waals surface area (Å²) in [4.78, 5) is 11.5. The van der Waals surface area contributed by atoms with Crippen LogP contribution in [0.1, 0.15) is 12.8 Å². The van der Waals surface area contributed by atoms with Gasteiger partial charge in [0.2, 0.25) is 0 Å². The lowest BCUT2D eigenvalue weighted by molar-refractivity contribution is 0.251. The molecule has 1 aliphatic rings. The molecule has 4 N–H and O–H groups in total. The zero-order chi connectivity index (χ0) is 11.5. The van der Waals surface area contributed by atoms with Crippen LogP contribution in [-0.4, -0.2) is 19.2 Å². The summed E-state index contributed by atoms with van der Waals surface area (Å²) in [5.74, 6) is 0.672. The van der Waals surface area contributed by atoms with Crippen LogP contribution in [0.25, 0.3) is 0 Å². The molecule has 2 amide bonds. The van der Waals surface area contributed by atoms with Gasteiger partial charge in [-0.25, -0.2) is 4.79 Å². The van der Waals surface area contributed by atoms with E-state index in [1.165, 1.54) is 0 Å². The molecule has 16 heavy (non-hydrogen) atoms. The summed E-state index contributed by atoms with van der Waals surface area (Å²) in [6.45, 7) is 0. The molecule has 0 aromatic heterocycles. The van der Waals surface area contributed by atoms with Crippen molar-refractivity contribution in [3.05, 3.63) is 18.2 Å². The standard InChI is InChI=1S/C11H15N3O2/c1-16-8-4-5-10(9(12)6-8)14-11(15)13-7-2-3-7/h4-7H,2-3,12H2,1H3,(H2,13,14,15). The minimum Gasteiger partial charge on any atom is -0.497 e. The molecule has 0 unspecified atom stereocenters. The number of nitrogens with two attached hydrogens (primary N) is 1. The number of rotatable bonds is 3. The number of hydrogen-bond donors (Lipinski definition) is 3. The van der Waals surface area contributed by atoms with Crippen LogP contribution in [0.5, 0.6) is 5.75 Å². The topological polar surface area (TPSA) is 76.4 Å². The monoisotopic (exact) mass is 221 g/mol. The Balaban J connectivity index is 1.99. The molecule has 1 aliphatic carbocycles. The number of hydrogen-bond acceptors (Lipinski definition) is 3. The lowest BCUT2D eigenvalue weighted by atomic mass is 10.2. The van der Waals surface area contributed by atoms with Crippen LogP contribution in [0.3, 0.4) is 0 Å². The van der Waals surface area contributed by atoms with Gasteiger partial charge in [0.15, 0.2) is 0 Å². The van der Waals surface area contributed by atoms with E-state index in [-0.39, 0.29) is 6.03 Å². The Bertz CT molecular complexity index is 402. The Kier molecular flexibility index (Phi) is 2.85. The van der Waals surface area contributed by atoms with Gasteiger partial charge in [-0.2, -0.15) is 0 Å². The highest BCUT2D eigenvalue weighted by Gasteiger charge is 2.23. The van der Waals surface area contributed by atoms with Gasteiger partial charge < -0.3 is 21.1 Å². The summed E-state index contributed by atoms with van der Waals surface area (Å²) in [6, 6.07) is 5.27. The van der Waals surface area contributed by atoms with E-state index in [4.69, 9.17) is 10.5 Å². The maximum Gasteiger partial charge on any atom is 0.319 e. The summed E-state index contributed by atoms with van der Waals surface area (Å²) >= 11 is 0. The third-order valence-electron chi connectivity index (χ3n) is 2.42. The second-order valence-corrected chi connectivity index (χ2v) is 3.83. The largest absolute Gasteiger partial charge is 0.497 e. The number of carbonyl (C=O) groups excluding carboxylic acids is 1. The van der Waals surface area contributed by atoms with Gasteiger partial charge in [0, 0.05) is 12.1 Å². The molecule has 0 bridgehead atoms. The number of amides is 2. The van der Waals surface area contributed by atoms with Gasteiger partial charge in [0.05, 0.1) is 18.5 Å². The predicted octanol–water partition coefficient (Wildman–Crippen LogP) is 1.56. The van der Waals surface area contributed by atoms with Gasteiger partial charge in [0.25, 0.3) is 0 Å². The molecule has 0 aliphatic heterocycles. The van der Waals surface area contributed by atoms with Crippen molar-refractivity contribution in [1.29, 1.82) is 0 Å². The average Bonchev–Trinajstić information content (AvgIpc) is 3.05. The molecule has 0 saturated heterocycles. The van der Waals surface area contributed by atoms with Crippen LogP contribution in [0.15, 0.2) is 18.2 Å². The molecule has 0 atom stereocenters. The number of nitrogen functional groups attached to an aromatic ring is 1. The molecule has 0 radical (unpaired) electrons. The Morgan fingerprint density at radius 3 is 2.81 bits per heavy atom. The van der Waals surface area contributed by atoms with Gasteiger partial charge in [-0.05, 0) is 25.0 Å². The zero-order valence-corrected chi connectivity index (χ0v) is 9.12. The number of ether oxygens (including phenoxy) is 1. The zero-order valence-electron chi connectivity index (χ0n) is 9.12. The number of methoxy groups -OCH3 is 1. The molecule has 1 aromatic carbocycles. The van der Waals surface area contributed by atoms with E-state index < -0.39 is 0 Å². The Hall–Kier alpha value is -1.91. The molecular weight excluding hydrogens is 206 g/mol. The van der Waals surface area contributed by atoms with Crippen LogP contribution < -0.4 is 21.1 Å². The lowest BCUT2D eigenvalue weighted by Gasteiger charge is -2.10. The van der Waals surface area contributed by atoms with E-state index in [1.54, 1.807) is 25.3 Å². The fourth-order valence-electron chi connectivity index (χ4n) is 1.35. The number of urea groups is 1. The van der Waals surface area contributed by atoms with Crippen LogP contribution in [0.4, 0.5) is 16.2 Å². The average molecular weight is 221 g/mol. The smallest absolute Gasteiger partial charge is 0.319 e. The molecule has 1 saturated carbocycles. The van der Waals surface area contributed by atoms with Gasteiger partial charge in [-0.1, -0.05) is 0 Å². The first-order valence-corrected chi connectivity index (χ1v) is 5.20. The Morgan fingerprint density at radius 2 is 2.25 bits per heavy atom. The maximum atomic E-state index is 11.5. The molecule has 1 fully saturated rings. The number of anilines is 2. The molecule has 5 heteroatoms. The van der Waals surface area contributed by atoms with Crippen molar-refractivity contribution in [3.8, 4) is 5.75 Å². The van der Waals surface area contributed by atoms with Crippen molar-refractivity contribution >= 4 is 17.4 Å². The van der Waals surface area contributed by atoms with Gasteiger partial charge in [-0.3, -0.25) is 0 Å². The van der Waals surface area contributed by atoms with E-state index >= 15 is 0 Å². The summed E-state index contributed by atoms with van der Waals surface area (Å²) in [7, 11) is 1.57. The Morgan fingerprint density at radius 1 is 1.50 bits per heavy atom. The fourth-order valence-corrected chi connectivity index (χ4v) is 1.35. The van der Waals surface area contributed by atoms with E-state index in [9.17, 15) is 4.79 Å². The van der Waals surface area contributed by atoms with Crippen molar-refractivity contribution in [2.24, 2.45) is 0 Å². The fraction of sp³-hybridized carbons (Fsp3) is 0.364. The van der Waals surface area contributed by atoms with Crippen LogP contribution in [0, 0.1) is 0 Å². The van der Waals surface area contributed by atoms with Crippen molar-refractivity contribution < 1.29 is 9.53 Å². The highest BCUT2D eigenvalue weighted by atomic mass is 16.5. The second kappa shape index (κ2) is 4.30. The minimum absolute atomic E-state index is 0.209. The van der Waals surface area contributed by atoms with E-state index in [2.05, 4.69) is 10.6 Å². The van der Waals surface area contributed by atoms with E-state index in [0.29, 0.717) is 23.2 Å². The molecule has 1 aromatic rings. The third-order valence-corrected chi connectivity index (χ3v) is 2.42. The first-order chi connectivity index (χ1) is 7.69. The highest BCUT2D eigenvalue weighted by Crippen LogP contribution is 2.24. The summed E-state index contributed by atoms with van der Waals surface area (Å²) < 4.78 is 5.02. The van der Waals surface area contributed by atoms with Gasteiger partial charge in [0.1, 0.15) is 5.75 Å². The quantitative estimate of drug-likeness (QED) is 0.678. The van der Waals surface area contributed by atoms with Crippen molar-refractivity contribution in [2.75, 3.05) is 18.2 Å². The van der Waals surface area contributed by atoms with Crippen LogP contribution >= 0.6 is 0 Å². The number of nitrogens with one attached hydrogen (secondary N) is 2. The van der Waals surface area contributed by atoms with E-state index in [1.807, 2.05) is 0 Å². The molecule has 2 rings (SSSR count). The highest BCUT2D eigenvalue weighted by molar-refractivity contribution is 5.93. The van der Waals surface area contributed by atoms with Crippen molar-refractivity contribution in [2.45, 2.75) is 18.9 Å². The minimum atomic E-state index is -0.209. The second-order valence-electron chi connectivity index (χ2n) is 3.83. The third kappa shape index (κ3) is 2.56. The summed E-state index contributed by atoms with van der Waals surface area (Å²) in [5.41, 5.74) is 6.86. The first-order valence-electron chi connectivity index (χ1n) is 5.20. The SMILES string of the molecule is COc1ccc(NC(=O)NC2CC2)c(N)c1. The summed E-state index contributed by atoms with van der Waals surface area (Å²) in [5, 5.41) is 5.52. The Labute approximate surface area is 94.0 Å². The maximum absolute atomic E-state index is 11.5. The predicted molar refractivity (Wildman–Crippen MR) is 62.6 cm³/mol. The molecule has 0 heterocycles. The molecule has 5 nitrogen and oxygen atoms in total.